The molecule has 1 aliphatic heterocycles. The van der Waals surface area contributed by atoms with Crippen LogP contribution in [0, 0.1) is 13.8 Å². The number of rotatable bonds is 4. The lowest BCUT2D eigenvalue weighted by atomic mass is 10.0. The van der Waals surface area contributed by atoms with Crippen LogP contribution in [0.4, 0.5) is 0 Å². The molecule has 0 bridgehead atoms. The molecule has 4 N–H and O–H groups in total. The number of fused-ring (bicyclic) bond motifs is 1. The van der Waals surface area contributed by atoms with E-state index in [4.69, 9.17) is 5.73 Å². The monoisotopic (exact) mass is 328 g/mol. The average Bonchev–Trinajstić information content (AvgIpc) is 2.97. The van der Waals surface area contributed by atoms with E-state index < -0.39 is 0 Å². The molecule has 1 saturated heterocycles. The standard InChI is InChI=1S/C18H24N4O2/c1-11-3-4-15-14(12(11)2)9-16(21-15)18(24)20-13-5-7-22(8-6-13)10-17(19)23/h3-4,9,13,21H,5-8,10H2,1-2H3,(H2,19,23)(H,20,24). The van der Waals surface area contributed by atoms with Crippen LogP contribution in [0.3, 0.4) is 0 Å². The number of H-pyrrole nitrogens is 1. The number of nitrogens with zero attached hydrogens (tertiary/aromatic N) is 1. The smallest absolute Gasteiger partial charge is 0.267 e. The number of amides is 2. The predicted octanol–water partition coefficient (Wildman–Crippen LogP) is 1.46. The minimum Gasteiger partial charge on any atom is -0.369 e. The lowest BCUT2D eigenvalue weighted by Gasteiger charge is -2.31. The van der Waals surface area contributed by atoms with Crippen molar-refractivity contribution in [2.24, 2.45) is 5.73 Å². The largest absolute Gasteiger partial charge is 0.369 e. The summed E-state index contributed by atoms with van der Waals surface area (Å²) in [7, 11) is 0. The van der Waals surface area contributed by atoms with Crippen LogP contribution in [0.5, 0.6) is 0 Å². The first kappa shape index (κ1) is 16.5. The first-order valence-electron chi connectivity index (χ1n) is 8.34. The number of aryl methyl sites for hydroxylation is 2. The van der Waals surface area contributed by atoms with Crippen molar-refractivity contribution in [3.63, 3.8) is 0 Å². The Balaban J connectivity index is 1.64. The van der Waals surface area contributed by atoms with Gasteiger partial charge in [-0.2, -0.15) is 0 Å². The fourth-order valence-electron chi connectivity index (χ4n) is 3.30. The van der Waals surface area contributed by atoms with Gasteiger partial charge in [0.2, 0.25) is 5.91 Å². The maximum Gasteiger partial charge on any atom is 0.267 e. The molecule has 2 amide bonds. The van der Waals surface area contributed by atoms with Gasteiger partial charge >= 0.3 is 0 Å². The zero-order valence-electron chi connectivity index (χ0n) is 14.2. The Morgan fingerprint density at radius 1 is 1.29 bits per heavy atom. The van der Waals surface area contributed by atoms with Crippen LogP contribution >= 0.6 is 0 Å². The van der Waals surface area contributed by atoms with Crippen molar-refractivity contribution in [2.45, 2.75) is 32.7 Å². The second-order valence-corrected chi connectivity index (χ2v) is 6.64. The number of primary amides is 1. The SMILES string of the molecule is Cc1ccc2[nH]c(C(=O)NC3CCN(CC(N)=O)CC3)cc2c1C. The van der Waals surface area contributed by atoms with E-state index in [0.29, 0.717) is 12.2 Å². The van der Waals surface area contributed by atoms with Crippen LogP contribution < -0.4 is 11.1 Å². The number of nitrogens with two attached hydrogens (primary N) is 1. The molecule has 1 aromatic carbocycles. The Kier molecular flexibility index (Phi) is 4.57. The van der Waals surface area contributed by atoms with E-state index in [2.05, 4.69) is 30.2 Å². The summed E-state index contributed by atoms with van der Waals surface area (Å²) in [6.45, 7) is 5.99. The van der Waals surface area contributed by atoms with Crippen molar-refractivity contribution in [1.82, 2.24) is 15.2 Å². The highest BCUT2D eigenvalue weighted by molar-refractivity contribution is 5.99. The van der Waals surface area contributed by atoms with Crippen LogP contribution in [-0.2, 0) is 4.79 Å². The lowest BCUT2D eigenvalue weighted by Crippen LogP contribution is -2.46. The molecule has 6 heteroatoms. The fraction of sp³-hybridized carbons (Fsp3) is 0.444. The van der Waals surface area contributed by atoms with Gasteiger partial charge in [-0.05, 0) is 49.9 Å². The van der Waals surface area contributed by atoms with Crippen molar-refractivity contribution >= 4 is 22.7 Å². The molecular formula is C18H24N4O2. The van der Waals surface area contributed by atoms with Gasteiger partial charge in [-0.25, -0.2) is 0 Å². The number of likely N-dealkylation sites (tertiary alicyclic amines) is 1. The minimum absolute atomic E-state index is 0.0726. The van der Waals surface area contributed by atoms with Crippen molar-refractivity contribution in [1.29, 1.82) is 0 Å². The molecular weight excluding hydrogens is 304 g/mol. The normalized spacial score (nSPS) is 16.4. The molecule has 1 aromatic heterocycles. The van der Waals surface area contributed by atoms with E-state index in [9.17, 15) is 9.59 Å². The predicted molar refractivity (Wildman–Crippen MR) is 93.9 cm³/mol. The second-order valence-electron chi connectivity index (χ2n) is 6.64. The summed E-state index contributed by atoms with van der Waals surface area (Å²) in [6.07, 6.45) is 1.66. The number of carbonyl (C=O) groups is 2. The topological polar surface area (TPSA) is 91.2 Å². The maximum absolute atomic E-state index is 12.5. The number of benzene rings is 1. The van der Waals surface area contributed by atoms with Gasteiger partial charge in [0.15, 0.2) is 0 Å². The Labute approximate surface area is 141 Å². The zero-order valence-corrected chi connectivity index (χ0v) is 14.2. The zero-order chi connectivity index (χ0) is 17.3. The van der Waals surface area contributed by atoms with Crippen LogP contribution in [0.25, 0.3) is 10.9 Å². The number of aromatic amines is 1. The third-order valence-electron chi connectivity index (χ3n) is 4.89. The summed E-state index contributed by atoms with van der Waals surface area (Å²) in [5.41, 5.74) is 9.22. The summed E-state index contributed by atoms with van der Waals surface area (Å²) >= 11 is 0. The molecule has 2 heterocycles. The average molecular weight is 328 g/mol. The Bertz CT molecular complexity index is 773. The summed E-state index contributed by atoms with van der Waals surface area (Å²) in [5, 5.41) is 4.18. The molecule has 6 nitrogen and oxygen atoms in total. The molecule has 128 valence electrons. The van der Waals surface area contributed by atoms with Crippen LogP contribution in [0.15, 0.2) is 18.2 Å². The quantitative estimate of drug-likeness (QED) is 0.793. The minimum atomic E-state index is -0.304. The third kappa shape index (κ3) is 3.43. The number of piperidine rings is 1. The Morgan fingerprint density at radius 2 is 2.00 bits per heavy atom. The van der Waals surface area contributed by atoms with Crippen molar-refractivity contribution < 1.29 is 9.59 Å². The van der Waals surface area contributed by atoms with E-state index in [1.54, 1.807) is 0 Å². The van der Waals surface area contributed by atoms with Crippen molar-refractivity contribution in [3.05, 3.63) is 35.0 Å². The van der Waals surface area contributed by atoms with E-state index in [1.165, 1.54) is 11.1 Å². The van der Waals surface area contributed by atoms with Gasteiger partial charge in [0.25, 0.3) is 5.91 Å². The summed E-state index contributed by atoms with van der Waals surface area (Å²) in [5.74, 6) is -0.377. The molecule has 0 unspecified atom stereocenters. The van der Waals surface area contributed by atoms with Gasteiger partial charge in [-0.1, -0.05) is 6.07 Å². The number of carbonyl (C=O) groups excluding carboxylic acids is 2. The van der Waals surface area contributed by atoms with Gasteiger partial charge in [0, 0.05) is 30.0 Å². The summed E-state index contributed by atoms with van der Waals surface area (Å²) in [6, 6.07) is 6.13. The van der Waals surface area contributed by atoms with E-state index in [0.717, 1.165) is 36.8 Å². The molecule has 0 spiro atoms. The summed E-state index contributed by atoms with van der Waals surface area (Å²) in [4.78, 5) is 28.7. The van der Waals surface area contributed by atoms with Crippen molar-refractivity contribution in [3.8, 4) is 0 Å². The van der Waals surface area contributed by atoms with Gasteiger partial charge in [-0.3, -0.25) is 14.5 Å². The molecule has 3 rings (SSSR count). The molecule has 0 atom stereocenters. The third-order valence-corrected chi connectivity index (χ3v) is 4.89. The van der Waals surface area contributed by atoms with Gasteiger partial charge in [0.1, 0.15) is 5.69 Å². The van der Waals surface area contributed by atoms with Gasteiger partial charge in [-0.15, -0.1) is 0 Å². The maximum atomic E-state index is 12.5. The van der Waals surface area contributed by atoms with Gasteiger partial charge in [0.05, 0.1) is 6.54 Å². The number of hydrogen-bond donors (Lipinski definition) is 3. The fourth-order valence-corrected chi connectivity index (χ4v) is 3.30. The highest BCUT2D eigenvalue weighted by Crippen LogP contribution is 2.22. The first-order chi connectivity index (χ1) is 11.4. The van der Waals surface area contributed by atoms with Crippen LogP contribution in [0.2, 0.25) is 0 Å². The van der Waals surface area contributed by atoms with E-state index in [1.807, 2.05) is 17.0 Å². The highest BCUT2D eigenvalue weighted by atomic mass is 16.2. The molecule has 1 fully saturated rings. The summed E-state index contributed by atoms with van der Waals surface area (Å²) < 4.78 is 0. The first-order valence-corrected chi connectivity index (χ1v) is 8.34. The molecule has 0 saturated carbocycles. The Morgan fingerprint density at radius 3 is 2.67 bits per heavy atom. The molecule has 0 aliphatic carbocycles. The highest BCUT2D eigenvalue weighted by Gasteiger charge is 2.22. The lowest BCUT2D eigenvalue weighted by molar-refractivity contribution is -0.119. The molecule has 24 heavy (non-hydrogen) atoms. The van der Waals surface area contributed by atoms with Crippen molar-refractivity contribution in [2.75, 3.05) is 19.6 Å². The van der Waals surface area contributed by atoms with Gasteiger partial charge < -0.3 is 16.0 Å². The number of hydrogen-bond acceptors (Lipinski definition) is 3. The van der Waals surface area contributed by atoms with Crippen LogP contribution in [0.1, 0.15) is 34.5 Å². The van der Waals surface area contributed by atoms with E-state index in [-0.39, 0.29) is 17.9 Å². The molecule has 2 aromatic rings. The van der Waals surface area contributed by atoms with Crippen LogP contribution in [-0.4, -0.2) is 47.4 Å². The molecule has 1 aliphatic rings. The number of nitrogens with one attached hydrogen (secondary N) is 2. The Hall–Kier alpha value is -2.34. The second kappa shape index (κ2) is 6.65. The van der Waals surface area contributed by atoms with E-state index >= 15 is 0 Å². The number of aromatic nitrogens is 1. The molecule has 0 radical (unpaired) electrons.